The molecule has 22 heavy (non-hydrogen) atoms. The quantitative estimate of drug-likeness (QED) is 0.781. The lowest BCUT2D eigenvalue weighted by molar-refractivity contribution is 0.414. The number of hydrogen-bond acceptors (Lipinski definition) is 4. The summed E-state index contributed by atoms with van der Waals surface area (Å²) in [6, 6.07) is 14.6. The van der Waals surface area contributed by atoms with Gasteiger partial charge in [-0.05, 0) is 62.4 Å². The van der Waals surface area contributed by atoms with Crippen LogP contribution in [0.5, 0.6) is 11.5 Å². The lowest BCUT2D eigenvalue weighted by atomic mass is 10.3. The van der Waals surface area contributed by atoms with E-state index in [1.165, 1.54) is 0 Å². The summed E-state index contributed by atoms with van der Waals surface area (Å²) < 4.78 is 22.8. The molecule has 118 valence electrons. The minimum absolute atomic E-state index is 0.548. The van der Waals surface area contributed by atoms with E-state index in [1.807, 2.05) is 24.3 Å². The second-order valence-corrected chi connectivity index (χ2v) is 5.77. The van der Waals surface area contributed by atoms with Crippen molar-refractivity contribution in [2.75, 3.05) is 25.1 Å². The Kier molecular flexibility index (Phi) is 5.83. The standard InChI is InChI=1S/C17H21NO3S/c1-4-18(5-2)14-6-12-17(13-7-14)22(19)21-16-10-8-15(20-3)9-11-16/h6-13H,4-5H2,1-3H3. The van der Waals surface area contributed by atoms with Crippen LogP contribution in [0.15, 0.2) is 53.4 Å². The van der Waals surface area contributed by atoms with Gasteiger partial charge in [-0.15, -0.1) is 0 Å². The third-order valence-electron chi connectivity index (χ3n) is 3.39. The van der Waals surface area contributed by atoms with Crippen LogP contribution in [0.25, 0.3) is 0 Å². The molecule has 0 fully saturated rings. The van der Waals surface area contributed by atoms with Gasteiger partial charge in [0.1, 0.15) is 11.5 Å². The van der Waals surface area contributed by atoms with E-state index < -0.39 is 11.1 Å². The van der Waals surface area contributed by atoms with Crippen LogP contribution < -0.4 is 13.8 Å². The van der Waals surface area contributed by atoms with Crippen LogP contribution in [0.2, 0.25) is 0 Å². The molecule has 0 aliphatic rings. The maximum atomic E-state index is 12.2. The molecule has 4 nitrogen and oxygen atoms in total. The van der Waals surface area contributed by atoms with Crippen molar-refractivity contribution >= 4 is 16.8 Å². The second kappa shape index (κ2) is 7.84. The summed E-state index contributed by atoms with van der Waals surface area (Å²) >= 11 is -1.53. The number of methoxy groups -OCH3 is 1. The van der Waals surface area contributed by atoms with Crippen LogP contribution >= 0.6 is 0 Å². The van der Waals surface area contributed by atoms with Crippen LogP contribution in [0.3, 0.4) is 0 Å². The van der Waals surface area contributed by atoms with E-state index in [1.54, 1.807) is 31.4 Å². The Morgan fingerprint density at radius 2 is 1.45 bits per heavy atom. The van der Waals surface area contributed by atoms with E-state index in [9.17, 15) is 4.21 Å². The van der Waals surface area contributed by atoms with Crippen molar-refractivity contribution < 1.29 is 13.1 Å². The highest BCUT2D eigenvalue weighted by Gasteiger charge is 2.08. The Hall–Kier alpha value is -2.01. The van der Waals surface area contributed by atoms with Crippen molar-refractivity contribution in [2.24, 2.45) is 0 Å². The lowest BCUT2D eigenvalue weighted by Gasteiger charge is -2.20. The first-order chi connectivity index (χ1) is 10.7. The molecule has 0 radical (unpaired) electrons. The third kappa shape index (κ3) is 4.01. The molecule has 0 heterocycles. The van der Waals surface area contributed by atoms with E-state index >= 15 is 0 Å². The Morgan fingerprint density at radius 1 is 0.909 bits per heavy atom. The molecule has 2 rings (SSSR count). The van der Waals surface area contributed by atoms with Gasteiger partial charge in [0, 0.05) is 18.8 Å². The average molecular weight is 319 g/mol. The van der Waals surface area contributed by atoms with Gasteiger partial charge in [-0.25, -0.2) is 4.21 Å². The zero-order chi connectivity index (χ0) is 15.9. The van der Waals surface area contributed by atoms with Crippen LogP contribution in [-0.2, 0) is 11.1 Å². The fourth-order valence-electron chi connectivity index (χ4n) is 2.12. The highest BCUT2D eigenvalue weighted by molar-refractivity contribution is 7.80. The molecule has 0 aliphatic heterocycles. The van der Waals surface area contributed by atoms with Crippen LogP contribution in [0.1, 0.15) is 13.8 Å². The van der Waals surface area contributed by atoms with Crippen molar-refractivity contribution in [3.05, 3.63) is 48.5 Å². The molecule has 5 heteroatoms. The van der Waals surface area contributed by atoms with Crippen LogP contribution in [0, 0.1) is 0 Å². The summed E-state index contributed by atoms with van der Waals surface area (Å²) in [5.41, 5.74) is 1.12. The smallest absolute Gasteiger partial charge is 0.240 e. The molecule has 0 N–H and O–H groups in total. The summed E-state index contributed by atoms with van der Waals surface area (Å²) in [6.07, 6.45) is 0. The molecule has 0 aromatic heterocycles. The predicted octanol–water partition coefficient (Wildman–Crippen LogP) is 3.64. The molecule has 0 spiro atoms. The third-order valence-corrected chi connectivity index (χ3v) is 4.39. The Morgan fingerprint density at radius 3 is 1.95 bits per heavy atom. The van der Waals surface area contributed by atoms with Crippen molar-refractivity contribution in [2.45, 2.75) is 18.7 Å². The van der Waals surface area contributed by atoms with Crippen molar-refractivity contribution in [3.63, 3.8) is 0 Å². The highest BCUT2D eigenvalue weighted by Crippen LogP contribution is 2.21. The van der Waals surface area contributed by atoms with Crippen molar-refractivity contribution in [1.29, 1.82) is 0 Å². The molecular weight excluding hydrogens is 298 g/mol. The predicted molar refractivity (Wildman–Crippen MR) is 90.0 cm³/mol. The average Bonchev–Trinajstić information content (AvgIpc) is 2.57. The number of nitrogens with zero attached hydrogens (tertiary/aromatic N) is 1. The topological polar surface area (TPSA) is 38.8 Å². The SMILES string of the molecule is CCN(CC)c1ccc(S(=O)Oc2ccc(OC)cc2)cc1. The molecule has 0 saturated carbocycles. The first-order valence-corrected chi connectivity index (χ1v) is 8.34. The number of anilines is 1. The van der Waals surface area contributed by atoms with Gasteiger partial charge in [0.2, 0.25) is 11.1 Å². The van der Waals surface area contributed by atoms with E-state index in [0.717, 1.165) is 24.5 Å². The van der Waals surface area contributed by atoms with Gasteiger partial charge in [0.15, 0.2) is 0 Å². The zero-order valence-corrected chi connectivity index (χ0v) is 13.9. The molecule has 2 aromatic carbocycles. The van der Waals surface area contributed by atoms with Crippen molar-refractivity contribution in [3.8, 4) is 11.5 Å². The summed E-state index contributed by atoms with van der Waals surface area (Å²) in [7, 11) is 1.60. The molecule has 0 aliphatic carbocycles. The Bertz CT molecular complexity index is 607. The molecule has 0 bridgehead atoms. The maximum absolute atomic E-state index is 12.2. The first kappa shape index (κ1) is 16.4. The first-order valence-electron chi connectivity index (χ1n) is 7.27. The summed E-state index contributed by atoms with van der Waals surface area (Å²) in [5, 5.41) is 0. The van der Waals surface area contributed by atoms with Crippen LogP contribution in [-0.4, -0.2) is 24.4 Å². The minimum Gasteiger partial charge on any atom is -0.497 e. The van der Waals surface area contributed by atoms with E-state index in [2.05, 4.69) is 18.7 Å². The summed E-state index contributed by atoms with van der Waals surface area (Å²) in [6.45, 7) is 6.12. The summed E-state index contributed by atoms with van der Waals surface area (Å²) in [5.74, 6) is 1.29. The molecule has 1 atom stereocenters. The number of ether oxygens (including phenoxy) is 1. The van der Waals surface area contributed by atoms with Gasteiger partial charge in [-0.1, -0.05) is 0 Å². The molecule has 2 aromatic rings. The van der Waals surface area contributed by atoms with E-state index in [-0.39, 0.29) is 0 Å². The van der Waals surface area contributed by atoms with Gasteiger partial charge >= 0.3 is 0 Å². The minimum atomic E-state index is -1.53. The lowest BCUT2D eigenvalue weighted by Crippen LogP contribution is -2.21. The zero-order valence-electron chi connectivity index (χ0n) is 13.1. The number of benzene rings is 2. The molecule has 0 saturated heterocycles. The molecule has 0 amide bonds. The monoisotopic (exact) mass is 319 g/mol. The Labute approximate surface area is 134 Å². The second-order valence-electron chi connectivity index (χ2n) is 4.66. The fraction of sp³-hybridized carbons (Fsp3) is 0.294. The van der Waals surface area contributed by atoms with E-state index in [0.29, 0.717) is 10.6 Å². The number of hydrogen-bond donors (Lipinski definition) is 0. The largest absolute Gasteiger partial charge is 0.497 e. The number of rotatable bonds is 7. The van der Waals surface area contributed by atoms with Crippen molar-refractivity contribution in [1.82, 2.24) is 0 Å². The molecule has 1 unspecified atom stereocenters. The van der Waals surface area contributed by atoms with E-state index in [4.69, 9.17) is 8.92 Å². The normalized spacial score (nSPS) is 11.8. The van der Waals surface area contributed by atoms with Gasteiger partial charge in [0.25, 0.3) is 0 Å². The van der Waals surface area contributed by atoms with Gasteiger partial charge < -0.3 is 13.8 Å². The van der Waals surface area contributed by atoms with Gasteiger partial charge in [-0.3, -0.25) is 0 Å². The highest BCUT2D eigenvalue weighted by atomic mass is 32.2. The van der Waals surface area contributed by atoms with Crippen LogP contribution in [0.4, 0.5) is 5.69 Å². The molecular formula is C17H21NO3S. The fourth-order valence-corrected chi connectivity index (χ4v) is 2.86. The summed E-state index contributed by atoms with van der Waals surface area (Å²) in [4.78, 5) is 2.88. The maximum Gasteiger partial charge on any atom is 0.240 e. The van der Waals surface area contributed by atoms with Gasteiger partial charge in [-0.2, -0.15) is 0 Å². The Balaban J connectivity index is 2.05. The van der Waals surface area contributed by atoms with Gasteiger partial charge in [0.05, 0.1) is 12.0 Å².